The number of ether oxygens (including phenoxy) is 1. The van der Waals surface area contributed by atoms with Crippen molar-refractivity contribution in [3.8, 4) is 0 Å². The summed E-state index contributed by atoms with van der Waals surface area (Å²) in [4.78, 5) is 0. The zero-order chi connectivity index (χ0) is 21.5. The summed E-state index contributed by atoms with van der Waals surface area (Å²) in [6.45, 7) is 11.6. The predicted octanol–water partition coefficient (Wildman–Crippen LogP) is 5.71. The molecule has 0 aromatic heterocycles. The fraction of sp³-hybridized carbons (Fsp3) is 1.00. The minimum Gasteiger partial charge on any atom is -0.393 e. The third-order valence-electron chi connectivity index (χ3n) is 11.3. The Morgan fingerprint density at radius 1 is 1.07 bits per heavy atom. The summed E-state index contributed by atoms with van der Waals surface area (Å²) in [5.74, 6) is 4.10. The van der Waals surface area contributed by atoms with Gasteiger partial charge in [-0.1, -0.05) is 33.6 Å². The van der Waals surface area contributed by atoms with Crippen LogP contribution < -0.4 is 0 Å². The molecular weight excluding hydrogens is 372 g/mol. The van der Waals surface area contributed by atoms with Gasteiger partial charge in [-0.15, -0.1) is 0 Å². The van der Waals surface area contributed by atoms with Crippen molar-refractivity contribution in [1.82, 2.24) is 0 Å². The van der Waals surface area contributed by atoms with Crippen LogP contribution in [0.4, 0.5) is 0 Å². The van der Waals surface area contributed by atoms with Crippen LogP contribution in [0.3, 0.4) is 0 Å². The second-order valence-corrected chi connectivity index (χ2v) is 13.3. The molecule has 1 heterocycles. The lowest BCUT2D eigenvalue weighted by Crippen LogP contribution is -2.58. The minimum absolute atomic E-state index is 0.0158. The number of aliphatic hydroxyl groups is 2. The van der Waals surface area contributed by atoms with Crippen molar-refractivity contribution in [2.24, 2.45) is 40.4 Å². The SMILES string of the molecule is C[C@H](CCCC(C)(C)O)[C@H]1CC[C@H]2[C@@H]3C[C@@H]4O[C@@]45C[C@@H](O)CC[C@]5(C)[C@H]3CC[C@]12C. The average molecular weight is 419 g/mol. The Morgan fingerprint density at radius 3 is 2.57 bits per heavy atom. The average Bonchev–Trinajstić information content (AvgIpc) is 3.21. The standard InChI is InChI=1S/C27H46O3/c1-17(7-6-12-24(2,3)29)20-8-9-21-19-15-23-27(30-23)16-18(28)10-14-26(27,5)22(19)11-13-25(20,21)4/h17-23,28-29H,6-16H2,1-5H3/t17-,18+,19+,20-,21+,22+,23+,25-,26-,27+/m1/s1. The van der Waals surface area contributed by atoms with E-state index in [2.05, 4.69) is 20.8 Å². The van der Waals surface area contributed by atoms with E-state index in [1.165, 1.54) is 38.5 Å². The molecule has 3 heteroatoms. The van der Waals surface area contributed by atoms with E-state index in [0.29, 0.717) is 11.5 Å². The summed E-state index contributed by atoms with van der Waals surface area (Å²) < 4.78 is 6.49. The number of rotatable bonds is 5. The van der Waals surface area contributed by atoms with Crippen molar-refractivity contribution in [2.45, 2.75) is 129 Å². The van der Waals surface area contributed by atoms with Crippen molar-refractivity contribution in [3.05, 3.63) is 0 Å². The van der Waals surface area contributed by atoms with Crippen LogP contribution in [0.1, 0.15) is 105 Å². The molecule has 1 spiro atoms. The molecule has 5 rings (SSSR count). The molecule has 0 aromatic rings. The molecule has 2 N–H and O–H groups in total. The highest BCUT2D eigenvalue weighted by Crippen LogP contribution is 2.74. The molecule has 0 bridgehead atoms. The minimum atomic E-state index is -0.526. The summed E-state index contributed by atoms with van der Waals surface area (Å²) in [5, 5.41) is 20.5. The maximum Gasteiger partial charge on any atom is 0.103 e. The molecule has 4 aliphatic carbocycles. The number of hydrogen-bond donors (Lipinski definition) is 2. The van der Waals surface area contributed by atoms with Gasteiger partial charge >= 0.3 is 0 Å². The van der Waals surface area contributed by atoms with E-state index in [-0.39, 0.29) is 17.1 Å². The summed E-state index contributed by atoms with van der Waals surface area (Å²) in [6, 6.07) is 0. The molecule has 172 valence electrons. The lowest BCUT2D eigenvalue weighted by atomic mass is 9.44. The first-order valence-electron chi connectivity index (χ1n) is 13.1. The van der Waals surface area contributed by atoms with Crippen molar-refractivity contribution < 1.29 is 14.9 Å². The monoisotopic (exact) mass is 418 g/mol. The highest BCUT2D eigenvalue weighted by molar-refractivity contribution is 5.24. The fourth-order valence-corrected chi connectivity index (χ4v) is 9.69. The Morgan fingerprint density at radius 2 is 1.83 bits per heavy atom. The number of fused-ring (bicyclic) bond motifs is 4. The maximum absolute atomic E-state index is 10.4. The van der Waals surface area contributed by atoms with Crippen LogP contribution in [-0.4, -0.2) is 33.6 Å². The number of aliphatic hydroxyl groups excluding tert-OH is 1. The normalized spacial score (nSPS) is 53.3. The second-order valence-electron chi connectivity index (χ2n) is 13.3. The number of hydrogen-bond acceptors (Lipinski definition) is 3. The summed E-state index contributed by atoms with van der Waals surface area (Å²) in [5.41, 5.74) is 0.274. The molecule has 5 fully saturated rings. The second kappa shape index (κ2) is 6.94. The zero-order valence-corrected chi connectivity index (χ0v) is 20.1. The van der Waals surface area contributed by atoms with Gasteiger partial charge in [0.05, 0.1) is 17.8 Å². The van der Waals surface area contributed by atoms with Crippen LogP contribution in [0, 0.1) is 40.4 Å². The molecule has 4 saturated carbocycles. The van der Waals surface area contributed by atoms with E-state index in [4.69, 9.17) is 4.74 Å². The fourth-order valence-electron chi connectivity index (χ4n) is 9.69. The van der Waals surface area contributed by atoms with Crippen LogP contribution in [0.2, 0.25) is 0 Å². The third kappa shape index (κ3) is 3.08. The third-order valence-corrected chi connectivity index (χ3v) is 11.3. The molecule has 1 saturated heterocycles. The summed E-state index contributed by atoms with van der Waals surface area (Å²) in [7, 11) is 0. The van der Waals surface area contributed by atoms with E-state index in [1.807, 2.05) is 13.8 Å². The lowest BCUT2D eigenvalue weighted by Gasteiger charge is -2.59. The lowest BCUT2D eigenvalue weighted by molar-refractivity contribution is -0.116. The van der Waals surface area contributed by atoms with Crippen LogP contribution in [-0.2, 0) is 4.74 Å². The topological polar surface area (TPSA) is 53.0 Å². The molecule has 5 aliphatic rings. The van der Waals surface area contributed by atoms with Crippen molar-refractivity contribution >= 4 is 0 Å². The molecular formula is C27H46O3. The molecule has 0 unspecified atom stereocenters. The quantitative estimate of drug-likeness (QED) is 0.562. The van der Waals surface area contributed by atoms with E-state index < -0.39 is 5.60 Å². The Bertz CT molecular complexity index is 670. The van der Waals surface area contributed by atoms with E-state index in [1.54, 1.807) is 0 Å². The van der Waals surface area contributed by atoms with Gasteiger partial charge in [-0.2, -0.15) is 0 Å². The van der Waals surface area contributed by atoms with Crippen LogP contribution in [0.25, 0.3) is 0 Å². The number of epoxide rings is 1. The van der Waals surface area contributed by atoms with Crippen molar-refractivity contribution in [1.29, 1.82) is 0 Å². The highest BCUT2D eigenvalue weighted by Gasteiger charge is 2.76. The van der Waals surface area contributed by atoms with Gasteiger partial charge in [-0.05, 0) is 100 Å². The zero-order valence-electron chi connectivity index (χ0n) is 20.1. The van der Waals surface area contributed by atoms with E-state index >= 15 is 0 Å². The Balaban J connectivity index is 1.31. The van der Waals surface area contributed by atoms with Gasteiger partial charge < -0.3 is 14.9 Å². The Hall–Kier alpha value is -0.120. The van der Waals surface area contributed by atoms with E-state index in [9.17, 15) is 10.2 Å². The van der Waals surface area contributed by atoms with Gasteiger partial charge in [0.2, 0.25) is 0 Å². The van der Waals surface area contributed by atoms with Gasteiger partial charge in [0.1, 0.15) is 5.60 Å². The van der Waals surface area contributed by atoms with Gasteiger partial charge in [0.25, 0.3) is 0 Å². The largest absolute Gasteiger partial charge is 0.393 e. The maximum atomic E-state index is 10.4. The van der Waals surface area contributed by atoms with Gasteiger partial charge in [-0.25, -0.2) is 0 Å². The smallest absolute Gasteiger partial charge is 0.103 e. The molecule has 1 aliphatic heterocycles. The molecule has 0 aromatic carbocycles. The van der Waals surface area contributed by atoms with Crippen molar-refractivity contribution in [2.75, 3.05) is 0 Å². The predicted molar refractivity (Wildman–Crippen MR) is 120 cm³/mol. The first-order chi connectivity index (χ1) is 14.0. The first-order valence-corrected chi connectivity index (χ1v) is 13.1. The van der Waals surface area contributed by atoms with Crippen LogP contribution >= 0.6 is 0 Å². The molecule has 10 atom stereocenters. The van der Waals surface area contributed by atoms with Crippen LogP contribution in [0.5, 0.6) is 0 Å². The Labute approximate surface area is 184 Å². The van der Waals surface area contributed by atoms with Gasteiger partial charge in [0, 0.05) is 11.8 Å². The molecule has 0 radical (unpaired) electrons. The summed E-state index contributed by atoms with van der Waals surface area (Å²) >= 11 is 0. The Kier molecular flexibility index (Phi) is 5.02. The molecule has 3 nitrogen and oxygen atoms in total. The van der Waals surface area contributed by atoms with E-state index in [0.717, 1.165) is 61.7 Å². The van der Waals surface area contributed by atoms with Gasteiger partial charge in [0.15, 0.2) is 0 Å². The molecule has 0 amide bonds. The highest BCUT2D eigenvalue weighted by atomic mass is 16.6. The molecule has 30 heavy (non-hydrogen) atoms. The first kappa shape index (κ1) is 21.7. The van der Waals surface area contributed by atoms with Crippen LogP contribution in [0.15, 0.2) is 0 Å². The van der Waals surface area contributed by atoms with Crippen molar-refractivity contribution in [3.63, 3.8) is 0 Å². The van der Waals surface area contributed by atoms with Gasteiger partial charge in [-0.3, -0.25) is 0 Å². The summed E-state index contributed by atoms with van der Waals surface area (Å²) in [6.07, 6.45) is 13.4.